The minimum Gasteiger partial charge on any atom is -0.493 e. The third kappa shape index (κ3) is 2.86. The van der Waals surface area contributed by atoms with Crippen molar-refractivity contribution in [3.63, 3.8) is 0 Å². The third-order valence-corrected chi connectivity index (χ3v) is 6.32. The molecule has 1 saturated heterocycles. The van der Waals surface area contributed by atoms with Gasteiger partial charge in [0.25, 0.3) is 0 Å². The highest BCUT2D eigenvalue weighted by Gasteiger charge is 2.59. The highest BCUT2D eigenvalue weighted by molar-refractivity contribution is 5.99. The smallest absolute Gasteiger partial charge is 0.231 e. The van der Waals surface area contributed by atoms with Crippen molar-refractivity contribution >= 4 is 5.78 Å². The molecular weight excluding hydrogens is 376 g/mol. The van der Waals surface area contributed by atoms with Crippen molar-refractivity contribution in [2.45, 2.75) is 51.2 Å². The van der Waals surface area contributed by atoms with Gasteiger partial charge in [-0.25, -0.2) is 0 Å². The van der Waals surface area contributed by atoms with Gasteiger partial charge in [-0.2, -0.15) is 0 Å². The van der Waals surface area contributed by atoms with Crippen LogP contribution in [0.2, 0.25) is 0 Å². The maximum atomic E-state index is 12.8. The molecule has 2 heterocycles. The van der Waals surface area contributed by atoms with E-state index in [-0.39, 0.29) is 30.4 Å². The average molecular weight is 404 g/mol. The Morgan fingerprint density at radius 2 is 1.97 bits per heavy atom. The van der Waals surface area contributed by atoms with E-state index in [9.17, 15) is 4.79 Å². The number of methoxy groups -OCH3 is 3. The minimum absolute atomic E-state index is 0.0169. The van der Waals surface area contributed by atoms with E-state index < -0.39 is 11.5 Å². The minimum atomic E-state index is -0.562. The quantitative estimate of drug-likeness (QED) is 0.718. The molecule has 1 fully saturated rings. The lowest BCUT2D eigenvalue weighted by atomic mass is 9.62. The van der Waals surface area contributed by atoms with Crippen molar-refractivity contribution < 1.29 is 33.2 Å². The zero-order valence-electron chi connectivity index (χ0n) is 17.6. The summed E-state index contributed by atoms with van der Waals surface area (Å²) in [7, 11) is 4.70. The molecule has 0 aromatic heterocycles. The number of ether oxygens (including phenoxy) is 6. The Balaban J connectivity index is 1.90. The molecule has 0 spiro atoms. The van der Waals surface area contributed by atoms with Gasteiger partial charge in [0.2, 0.25) is 24.1 Å². The maximum Gasteiger partial charge on any atom is 0.231 e. The van der Waals surface area contributed by atoms with Gasteiger partial charge in [-0.3, -0.25) is 4.79 Å². The maximum absolute atomic E-state index is 12.8. The Labute approximate surface area is 170 Å². The van der Waals surface area contributed by atoms with E-state index in [4.69, 9.17) is 28.4 Å². The van der Waals surface area contributed by atoms with E-state index in [1.54, 1.807) is 14.2 Å². The van der Waals surface area contributed by atoms with Crippen LogP contribution >= 0.6 is 0 Å². The van der Waals surface area contributed by atoms with Gasteiger partial charge in [0, 0.05) is 18.4 Å². The Bertz CT molecular complexity index is 846. The summed E-state index contributed by atoms with van der Waals surface area (Å²) in [6.45, 7) is 4.34. The number of hydrogen-bond donors (Lipinski definition) is 0. The van der Waals surface area contributed by atoms with Gasteiger partial charge in [0.05, 0.1) is 14.2 Å². The van der Waals surface area contributed by atoms with Crippen LogP contribution in [-0.4, -0.2) is 46.1 Å². The molecule has 3 aliphatic rings. The van der Waals surface area contributed by atoms with Crippen LogP contribution in [0.4, 0.5) is 0 Å². The first-order chi connectivity index (χ1) is 14.0. The summed E-state index contributed by atoms with van der Waals surface area (Å²) in [4.78, 5) is 12.8. The third-order valence-electron chi connectivity index (χ3n) is 6.32. The Morgan fingerprint density at radius 3 is 2.62 bits per heavy atom. The van der Waals surface area contributed by atoms with E-state index in [2.05, 4.69) is 6.92 Å². The molecule has 1 aromatic carbocycles. The number of benzene rings is 1. The summed E-state index contributed by atoms with van der Waals surface area (Å²) in [5.74, 6) is 2.66. The van der Waals surface area contributed by atoms with Crippen molar-refractivity contribution in [3.8, 4) is 17.2 Å². The molecule has 158 valence electrons. The number of carbonyl (C=O) groups is 1. The Morgan fingerprint density at radius 1 is 1.17 bits per heavy atom. The van der Waals surface area contributed by atoms with Crippen LogP contribution in [0, 0.1) is 5.41 Å². The first kappa shape index (κ1) is 19.9. The summed E-state index contributed by atoms with van der Waals surface area (Å²) in [5, 5.41) is 0. The van der Waals surface area contributed by atoms with Crippen LogP contribution < -0.4 is 14.2 Å². The normalized spacial score (nSPS) is 30.2. The Hall–Kier alpha value is -2.41. The number of fused-ring (bicyclic) bond motifs is 2. The molecule has 0 N–H and O–H groups in total. The fraction of sp³-hybridized carbons (Fsp3) is 0.591. The number of rotatable bonds is 6. The summed E-state index contributed by atoms with van der Waals surface area (Å²) in [6.07, 6.45) is 1.60. The lowest BCUT2D eigenvalue weighted by molar-refractivity contribution is -0.132. The molecule has 7 heteroatoms. The molecule has 0 radical (unpaired) electrons. The predicted molar refractivity (Wildman–Crippen MR) is 104 cm³/mol. The number of allylic oxidation sites excluding steroid dienone is 1. The molecule has 0 unspecified atom stereocenters. The first-order valence-electron chi connectivity index (χ1n) is 10.0. The van der Waals surface area contributed by atoms with E-state index in [1.165, 1.54) is 7.11 Å². The predicted octanol–water partition coefficient (Wildman–Crippen LogP) is 3.56. The van der Waals surface area contributed by atoms with Crippen LogP contribution in [0.1, 0.15) is 44.6 Å². The van der Waals surface area contributed by atoms with Crippen molar-refractivity contribution in [1.29, 1.82) is 0 Å². The molecule has 1 aliphatic carbocycles. The van der Waals surface area contributed by atoms with Gasteiger partial charge >= 0.3 is 0 Å². The summed E-state index contributed by atoms with van der Waals surface area (Å²) in [6, 6.07) is 3.99. The number of carbonyl (C=O) groups excluding carboxylic acids is 1. The molecule has 1 aromatic rings. The monoisotopic (exact) mass is 404 g/mol. The highest BCUT2D eigenvalue weighted by Crippen LogP contribution is 2.61. The summed E-state index contributed by atoms with van der Waals surface area (Å²) < 4.78 is 34.2. The summed E-state index contributed by atoms with van der Waals surface area (Å²) >= 11 is 0. The molecule has 4 rings (SSSR count). The molecule has 0 saturated carbocycles. The second-order valence-electron chi connectivity index (χ2n) is 7.82. The Kier molecular flexibility index (Phi) is 5.11. The van der Waals surface area contributed by atoms with Crippen LogP contribution in [0.25, 0.3) is 0 Å². The number of hydrogen-bond acceptors (Lipinski definition) is 7. The second kappa shape index (κ2) is 7.44. The highest BCUT2D eigenvalue weighted by atomic mass is 16.7. The fourth-order valence-corrected chi connectivity index (χ4v) is 5.26. The van der Waals surface area contributed by atoms with E-state index in [1.807, 2.05) is 19.1 Å². The largest absolute Gasteiger partial charge is 0.493 e. The average Bonchev–Trinajstić information content (AvgIpc) is 3.29. The van der Waals surface area contributed by atoms with Crippen molar-refractivity contribution in [3.05, 3.63) is 29.2 Å². The molecule has 7 nitrogen and oxygen atoms in total. The van der Waals surface area contributed by atoms with E-state index >= 15 is 0 Å². The molecule has 29 heavy (non-hydrogen) atoms. The lowest BCUT2D eigenvalue weighted by Gasteiger charge is -2.40. The molecule has 4 atom stereocenters. The first-order valence-corrected chi connectivity index (χ1v) is 10.0. The van der Waals surface area contributed by atoms with E-state index in [0.717, 1.165) is 18.4 Å². The lowest BCUT2D eigenvalue weighted by Crippen LogP contribution is -2.42. The van der Waals surface area contributed by atoms with Gasteiger partial charge in [-0.1, -0.05) is 13.3 Å². The van der Waals surface area contributed by atoms with Gasteiger partial charge in [0.1, 0.15) is 18.0 Å². The molecular formula is C22H28O7. The van der Waals surface area contributed by atoms with Crippen molar-refractivity contribution in [1.82, 2.24) is 0 Å². The van der Waals surface area contributed by atoms with Crippen LogP contribution in [0.5, 0.6) is 17.2 Å². The van der Waals surface area contributed by atoms with Crippen LogP contribution in [-0.2, 0) is 19.0 Å². The number of ketones is 1. The van der Waals surface area contributed by atoms with E-state index in [0.29, 0.717) is 29.4 Å². The standard InChI is InChI=1S/C22H28O7/c1-6-7-22-10-16(25-4)18(23)20(26-5)21(22)29-12(2)17(22)13-8-14(24-3)19-15(9-13)27-11-28-19/h8-9,12,16-17H,6-7,10-11H2,1-5H3/t12-,16+,17+,22+/m1/s1. The van der Waals surface area contributed by atoms with Gasteiger partial charge in [0.15, 0.2) is 11.5 Å². The fourth-order valence-electron chi connectivity index (χ4n) is 5.26. The molecule has 2 aliphatic heterocycles. The number of Topliss-reactive ketones (excluding diaryl/α,β-unsaturated/α-hetero) is 1. The van der Waals surface area contributed by atoms with Crippen LogP contribution in [0.3, 0.4) is 0 Å². The zero-order chi connectivity index (χ0) is 20.8. The van der Waals surface area contributed by atoms with Crippen molar-refractivity contribution in [2.24, 2.45) is 5.41 Å². The summed E-state index contributed by atoms with van der Waals surface area (Å²) in [5.41, 5.74) is 0.619. The second-order valence-corrected chi connectivity index (χ2v) is 7.82. The van der Waals surface area contributed by atoms with Crippen molar-refractivity contribution in [2.75, 3.05) is 28.1 Å². The zero-order valence-corrected chi connectivity index (χ0v) is 17.6. The topological polar surface area (TPSA) is 72.5 Å². The SMILES string of the molecule is CCC[C@@]12C[C@H](OC)C(=O)C(OC)=C1O[C@H](C)[C@H]2c1cc(OC)c2c(c1)OCO2. The van der Waals surface area contributed by atoms with Gasteiger partial charge in [-0.05, 0) is 37.5 Å². The van der Waals surface area contributed by atoms with Crippen LogP contribution in [0.15, 0.2) is 23.7 Å². The molecule has 0 amide bonds. The van der Waals surface area contributed by atoms with Gasteiger partial charge < -0.3 is 28.4 Å². The van der Waals surface area contributed by atoms with Gasteiger partial charge in [-0.15, -0.1) is 0 Å². The molecule has 0 bridgehead atoms.